The predicted octanol–water partition coefficient (Wildman–Crippen LogP) is 4.58. The fraction of sp³-hybridized carbons (Fsp3) is 0.421. The highest BCUT2D eigenvalue weighted by atomic mass is 32.2. The summed E-state index contributed by atoms with van der Waals surface area (Å²) in [5.41, 5.74) is 3.27. The van der Waals surface area contributed by atoms with Gasteiger partial charge in [-0.25, -0.2) is 0 Å². The van der Waals surface area contributed by atoms with Gasteiger partial charge in [-0.2, -0.15) is 0 Å². The molecule has 2 heterocycles. The quantitative estimate of drug-likeness (QED) is 0.777. The molecule has 0 unspecified atom stereocenters. The van der Waals surface area contributed by atoms with Crippen molar-refractivity contribution in [3.8, 4) is 11.1 Å². The molecule has 0 bridgehead atoms. The summed E-state index contributed by atoms with van der Waals surface area (Å²) in [4.78, 5) is 5.09. The van der Waals surface area contributed by atoms with E-state index in [2.05, 4.69) is 10.3 Å². The highest BCUT2D eigenvalue weighted by molar-refractivity contribution is 7.93. The van der Waals surface area contributed by atoms with Gasteiger partial charge < -0.3 is 15.3 Å². The van der Waals surface area contributed by atoms with Crippen molar-refractivity contribution in [2.24, 2.45) is 0 Å². The first-order chi connectivity index (χ1) is 11.3. The van der Waals surface area contributed by atoms with E-state index in [1.807, 2.05) is 57.2 Å². The van der Waals surface area contributed by atoms with Gasteiger partial charge in [-0.3, -0.25) is 4.98 Å². The number of aromatic nitrogens is 1. The van der Waals surface area contributed by atoms with Gasteiger partial charge in [-0.15, -0.1) is 0 Å². The molecule has 1 aliphatic heterocycles. The van der Waals surface area contributed by atoms with Crippen molar-refractivity contribution in [2.75, 3.05) is 13.1 Å². The lowest BCUT2D eigenvalue weighted by atomic mass is 10.1. The van der Waals surface area contributed by atoms with E-state index in [4.69, 9.17) is 4.55 Å². The summed E-state index contributed by atoms with van der Waals surface area (Å²) in [6.07, 6.45) is 6.00. The van der Waals surface area contributed by atoms with Crippen molar-refractivity contribution < 1.29 is 10.0 Å². The van der Waals surface area contributed by atoms with Crippen molar-refractivity contribution in [2.45, 2.75) is 44.9 Å². The van der Waals surface area contributed by atoms with Gasteiger partial charge in [0.25, 0.3) is 0 Å². The largest absolute Gasteiger partial charge is 0.412 e. The number of piperidine rings is 1. The number of hydrogen-bond acceptors (Lipinski definition) is 4. The summed E-state index contributed by atoms with van der Waals surface area (Å²) in [6, 6.07) is 11.7. The molecule has 4 nitrogen and oxygen atoms in total. The fourth-order valence-electron chi connectivity index (χ4n) is 2.29. The van der Waals surface area contributed by atoms with Crippen LogP contribution in [0.4, 0.5) is 0 Å². The Bertz CT molecular complexity index is 532. The molecule has 5 heteroatoms. The monoisotopic (exact) mass is 350 g/mol. The molecule has 1 fully saturated rings. The second-order valence-corrected chi connectivity index (χ2v) is 5.72. The molecule has 4 N–H and O–H groups in total. The van der Waals surface area contributed by atoms with Gasteiger partial charge in [-0.1, -0.05) is 38.5 Å². The van der Waals surface area contributed by atoms with Gasteiger partial charge in [0.15, 0.2) is 0 Å². The number of pyridine rings is 1. The van der Waals surface area contributed by atoms with Gasteiger partial charge in [0, 0.05) is 34.4 Å². The molecule has 24 heavy (non-hydrogen) atoms. The smallest absolute Gasteiger partial charge is 0.0450 e. The molecular weight excluding hydrogens is 320 g/mol. The average molecular weight is 351 g/mol. The Balaban J connectivity index is 0.000000496. The van der Waals surface area contributed by atoms with E-state index in [9.17, 15) is 0 Å². The maximum Gasteiger partial charge on any atom is 0.0450 e. The first-order valence-corrected chi connectivity index (χ1v) is 9.13. The molecule has 1 aliphatic rings. The van der Waals surface area contributed by atoms with Gasteiger partial charge in [0.2, 0.25) is 0 Å². The van der Waals surface area contributed by atoms with Crippen molar-refractivity contribution in [1.29, 1.82) is 0 Å². The molecule has 0 aliphatic carbocycles. The Morgan fingerprint density at radius 2 is 1.62 bits per heavy atom. The van der Waals surface area contributed by atoms with Crippen molar-refractivity contribution >= 4 is 12.0 Å². The number of nitrogens with zero attached hydrogens (tertiary/aromatic N) is 1. The zero-order valence-corrected chi connectivity index (χ0v) is 15.7. The molecular formula is C19H30N2O2S. The van der Waals surface area contributed by atoms with E-state index in [0.717, 1.165) is 33.8 Å². The summed E-state index contributed by atoms with van der Waals surface area (Å²) < 4.78 is 8.86. The van der Waals surface area contributed by atoms with Gasteiger partial charge in [-0.05, 0) is 56.6 Å². The first-order valence-electron chi connectivity index (χ1n) is 8.35. The molecule has 0 saturated carbocycles. The summed E-state index contributed by atoms with van der Waals surface area (Å²) in [5, 5.41) is 3.28. The molecule has 134 valence electrons. The Hall–Kier alpha value is -1.40. The predicted molar refractivity (Wildman–Crippen MR) is 105 cm³/mol. The van der Waals surface area contributed by atoms with E-state index in [1.54, 1.807) is 6.20 Å². The molecule has 0 atom stereocenters. The van der Waals surface area contributed by atoms with Crippen LogP contribution in [0, 0.1) is 6.92 Å². The number of rotatable bonds is 2. The van der Waals surface area contributed by atoms with Crippen LogP contribution in [0.3, 0.4) is 0 Å². The van der Waals surface area contributed by atoms with Crippen LogP contribution in [0.15, 0.2) is 47.5 Å². The Kier molecular flexibility index (Phi) is 13.2. The average Bonchev–Trinajstić information content (AvgIpc) is 2.66. The number of benzene rings is 1. The van der Waals surface area contributed by atoms with Crippen molar-refractivity contribution in [3.05, 3.63) is 48.3 Å². The third-order valence-corrected chi connectivity index (χ3v) is 3.97. The zero-order valence-electron chi connectivity index (χ0n) is 14.9. The van der Waals surface area contributed by atoms with Crippen LogP contribution >= 0.6 is 12.0 Å². The SMILES string of the molecule is C1CCNCC1.CC.Cc1ncccc1-c1ccc(SO)cc1.O. The van der Waals surface area contributed by atoms with Crippen LogP contribution < -0.4 is 5.32 Å². The third kappa shape index (κ3) is 7.93. The van der Waals surface area contributed by atoms with Gasteiger partial charge >= 0.3 is 0 Å². The Morgan fingerprint density at radius 1 is 1.00 bits per heavy atom. The van der Waals surface area contributed by atoms with Crippen LogP contribution in [-0.2, 0) is 0 Å². The summed E-state index contributed by atoms with van der Waals surface area (Å²) in [7, 11) is 0. The second kappa shape index (κ2) is 14.0. The van der Waals surface area contributed by atoms with E-state index < -0.39 is 0 Å². The van der Waals surface area contributed by atoms with Gasteiger partial charge in [0.05, 0.1) is 0 Å². The minimum Gasteiger partial charge on any atom is -0.412 e. The summed E-state index contributed by atoms with van der Waals surface area (Å²) in [6.45, 7) is 8.49. The molecule has 2 aromatic rings. The topological polar surface area (TPSA) is 76.7 Å². The number of hydrogen-bond donors (Lipinski definition) is 2. The van der Waals surface area contributed by atoms with Crippen LogP contribution in [0.5, 0.6) is 0 Å². The number of aryl methyl sites for hydroxylation is 1. The molecule has 0 amide bonds. The van der Waals surface area contributed by atoms with Crippen LogP contribution in [0.1, 0.15) is 38.8 Å². The second-order valence-electron chi connectivity index (χ2n) is 5.06. The van der Waals surface area contributed by atoms with Crippen LogP contribution in [0.25, 0.3) is 11.1 Å². The van der Waals surface area contributed by atoms with Gasteiger partial charge in [0.1, 0.15) is 0 Å². The highest BCUT2D eigenvalue weighted by Crippen LogP contribution is 2.24. The van der Waals surface area contributed by atoms with E-state index in [1.165, 1.54) is 32.4 Å². The maximum atomic E-state index is 8.86. The van der Waals surface area contributed by atoms with E-state index in [-0.39, 0.29) is 5.48 Å². The maximum absolute atomic E-state index is 8.86. The summed E-state index contributed by atoms with van der Waals surface area (Å²) in [5.74, 6) is 0. The normalized spacial score (nSPS) is 12.7. The Labute approximate surface area is 150 Å². The van der Waals surface area contributed by atoms with Crippen LogP contribution in [-0.4, -0.2) is 28.1 Å². The van der Waals surface area contributed by atoms with Crippen molar-refractivity contribution in [1.82, 2.24) is 10.3 Å². The molecule has 1 saturated heterocycles. The lowest BCUT2D eigenvalue weighted by Crippen LogP contribution is -2.21. The molecule has 0 spiro atoms. The highest BCUT2D eigenvalue weighted by Gasteiger charge is 2.01. The summed E-state index contributed by atoms with van der Waals surface area (Å²) >= 11 is 0.761. The Morgan fingerprint density at radius 3 is 2.04 bits per heavy atom. The number of nitrogens with one attached hydrogen (secondary N) is 1. The molecule has 1 aromatic heterocycles. The standard InChI is InChI=1S/C12H11NOS.C5H11N.C2H6.H2O/c1-9-12(3-2-8-13-9)10-4-6-11(15-14)7-5-10;1-2-4-6-5-3-1;1-2;/h2-8,14H,1H3;6H,1-5H2;1-2H3;1H2. The third-order valence-electron chi connectivity index (χ3n) is 3.48. The first kappa shape index (κ1) is 22.6. The zero-order chi connectivity index (χ0) is 16.9. The van der Waals surface area contributed by atoms with E-state index >= 15 is 0 Å². The minimum absolute atomic E-state index is 0. The fourth-order valence-corrected chi connectivity index (χ4v) is 2.54. The lowest BCUT2D eigenvalue weighted by Gasteiger charge is -2.08. The van der Waals surface area contributed by atoms with Crippen molar-refractivity contribution in [3.63, 3.8) is 0 Å². The molecule has 1 aromatic carbocycles. The van der Waals surface area contributed by atoms with E-state index in [0.29, 0.717) is 0 Å². The molecule has 3 rings (SSSR count). The molecule has 0 radical (unpaired) electrons. The van der Waals surface area contributed by atoms with Crippen LogP contribution in [0.2, 0.25) is 0 Å². The minimum atomic E-state index is 0. The lowest BCUT2D eigenvalue weighted by molar-refractivity contribution is 0.520.